The number of nitrogens with one attached hydrogen (secondary N) is 1. The zero-order chi connectivity index (χ0) is 26.2. The van der Waals surface area contributed by atoms with Crippen LogP contribution in [0.4, 0.5) is 0 Å². The second kappa shape index (κ2) is 13.1. The Morgan fingerprint density at radius 1 is 1.03 bits per heavy atom. The Balaban J connectivity index is 3.20. The van der Waals surface area contributed by atoms with Crippen molar-refractivity contribution in [3.63, 3.8) is 0 Å². The van der Waals surface area contributed by atoms with Crippen LogP contribution in [0.2, 0.25) is 0 Å². The van der Waals surface area contributed by atoms with Gasteiger partial charge in [0.05, 0.1) is 26.2 Å². The van der Waals surface area contributed by atoms with E-state index in [-0.39, 0.29) is 0 Å². The average molecular weight is 494 g/mol. The van der Waals surface area contributed by atoms with Crippen LogP contribution in [0.5, 0.6) is 0 Å². The molecule has 1 fully saturated rings. The Morgan fingerprint density at radius 2 is 1.62 bits per heavy atom. The number of nitrogens with zero attached hydrogens (tertiary/aromatic N) is 1. The molecule has 0 aromatic rings. The standard InChI is InChI=1S/C19H30N2O13/c1-8(18(30)20-6-14(26)33-2)21(9(19(31)32)3-4-13(24)25)12(23)5-10-15(27)17(29)16(28)11(7-22)34-10/h8-11,15-17,22,27-29H,3-7H2,1-2H3,(H,20,30)(H,24,25)(H,31,32). The van der Waals surface area contributed by atoms with Gasteiger partial charge in [-0.15, -0.1) is 0 Å². The second-order valence-electron chi connectivity index (χ2n) is 7.63. The van der Waals surface area contributed by atoms with E-state index in [2.05, 4.69) is 10.1 Å². The van der Waals surface area contributed by atoms with E-state index >= 15 is 0 Å². The van der Waals surface area contributed by atoms with Crippen molar-refractivity contribution in [3.8, 4) is 0 Å². The monoisotopic (exact) mass is 494 g/mol. The Labute approximate surface area is 193 Å². The molecule has 0 aromatic carbocycles. The van der Waals surface area contributed by atoms with Crippen LogP contribution in [0.1, 0.15) is 26.2 Å². The number of esters is 1. The smallest absolute Gasteiger partial charge is 0.326 e. The van der Waals surface area contributed by atoms with Crippen LogP contribution in [0.15, 0.2) is 0 Å². The molecule has 7 atom stereocenters. The van der Waals surface area contributed by atoms with Crippen molar-refractivity contribution in [2.24, 2.45) is 0 Å². The van der Waals surface area contributed by atoms with Gasteiger partial charge in [-0.3, -0.25) is 19.2 Å². The summed E-state index contributed by atoms with van der Waals surface area (Å²) in [5.74, 6) is -5.80. The molecule has 15 nitrogen and oxygen atoms in total. The fraction of sp³-hybridized carbons (Fsp3) is 0.737. The lowest BCUT2D eigenvalue weighted by Gasteiger charge is -2.41. The highest BCUT2D eigenvalue weighted by Gasteiger charge is 2.46. The molecular weight excluding hydrogens is 464 g/mol. The van der Waals surface area contributed by atoms with Crippen LogP contribution < -0.4 is 5.32 Å². The van der Waals surface area contributed by atoms with E-state index in [9.17, 15) is 49.5 Å². The van der Waals surface area contributed by atoms with E-state index < -0.39 is 105 Å². The number of rotatable bonds is 12. The Kier molecular flexibility index (Phi) is 11.3. The summed E-state index contributed by atoms with van der Waals surface area (Å²) in [4.78, 5) is 60.3. The minimum absolute atomic E-state index is 0.570. The van der Waals surface area contributed by atoms with Gasteiger partial charge in [0, 0.05) is 6.42 Å². The molecular formula is C19H30N2O13. The third-order valence-electron chi connectivity index (χ3n) is 5.34. The summed E-state index contributed by atoms with van der Waals surface area (Å²) in [5, 5.41) is 60.0. The highest BCUT2D eigenvalue weighted by molar-refractivity contribution is 5.92. The average Bonchev–Trinajstić information content (AvgIpc) is 2.79. The number of carboxylic acids is 2. The van der Waals surface area contributed by atoms with Crippen LogP contribution in [0.25, 0.3) is 0 Å². The van der Waals surface area contributed by atoms with E-state index in [4.69, 9.17) is 9.84 Å². The molecule has 7 N–H and O–H groups in total. The number of hydrogen-bond donors (Lipinski definition) is 7. The highest BCUT2D eigenvalue weighted by Crippen LogP contribution is 2.25. The van der Waals surface area contributed by atoms with E-state index in [1.165, 1.54) is 0 Å². The molecule has 34 heavy (non-hydrogen) atoms. The van der Waals surface area contributed by atoms with Crippen molar-refractivity contribution in [2.45, 2.75) is 68.8 Å². The molecule has 194 valence electrons. The van der Waals surface area contributed by atoms with Gasteiger partial charge in [0.2, 0.25) is 11.8 Å². The van der Waals surface area contributed by atoms with Crippen LogP contribution in [0.3, 0.4) is 0 Å². The summed E-state index contributed by atoms with van der Waals surface area (Å²) in [6.45, 7) is -0.197. The predicted molar refractivity (Wildman–Crippen MR) is 108 cm³/mol. The third-order valence-corrected chi connectivity index (χ3v) is 5.34. The van der Waals surface area contributed by atoms with Crippen molar-refractivity contribution >= 4 is 29.7 Å². The van der Waals surface area contributed by atoms with E-state index in [0.717, 1.165) is 14.0 Å². The lowest BCUT2D eigenvalue weighted by molar-refractivity contribution is -0.230. The lowest BCUT2D eigenvalue weighted by atomic mass is 9.93. The quantitative estimate of drug-likeness (QED) is 0.128. The number of ether oxygens (including phenoxy) is 2. The first-order valence-electron chi connectivity index (χ1n) is 10.3. The number of carboxylic acid groups (broad SMARTS) is 2. The minimum Gasteiger partial charge on any atom is -0.481 e. The number of amides is 2. The molecule has 0 aromatic heterocycles. The largest absolute Gasteiger partial charge is 0.481 e. The third kappa shape index (κ3) is 7.59. The van der Waals surface area contributed by atoms with Crippen LogP contribution in [-0.4, -0.2) is 128 Å². The summed E-state index contributed by atoms with van der Waals surface area (Å²) in [6.07, 6.45) is -10.1. The molecule has 0 spiro atoms. The van der Waals surface area contributed by atoms with Gasteiger partial charge in [0.1, 0.15) is 43.0 Å². The molecule has 1 saturated heterocycles. The summed E-state index contributed by atoms with van der Waals surface area (Å²) in [7, 11) is 1.07. The number of aliphatic carboxylic acids is 2. The van der Waals surface area contributed by atoms with Gasteiger partial charge in [-0.05, 0) is 13.3 Å². The van der Waals surface area contributed by atoms with Crippen molar-refractivity contribution in [2.75, 3.05) is 20.3 Å². The normalized spacial score (nSPS) is 26.1. The molecule has 0 bridgehead atoms. The van der Waals surface area contributed by atoms with E-state index in [1.807, 2.05) is 0 Å². The number of carbonyl (C=O) groups excluding carboxylic acids is 3. The first kappa shape index (κ1) is 29.2. The molecule has 7 unspecified atom stereocenters. The topological polar surface area (TPSA) is 240 Å². The van der Waals surface area contributed by atoms with Crippen molar-refractivity contribution in [1.29, 1.82) is 0 Å². The number of carbonyl (C=O) groups is 5. The summed E-state index contributed by atoms with van der Waals surface area (Å²) in [5.41, 5.74) is 0. The number of methoxy groups -OCH3 is 1. The SMILES string of the molecule is COC(=O)CNC(=O)C(C)N(C(=O)CC1OC(CO)C(O)C(O)C1O)C(CCC(=O)O)C(=O)O. The van der Waals surface area contributed by atoms with Crippen LogP contribution in [0, 0.1) is 0 Å². The molecule has 0 aliphatic carbocycles. The van der Waals surface area contributed by atoms with Gasteiger partial charge in [0.15, 0.2) is 0 Å². The van der Waals surface area contributed by atoms with Gasteiger partial charge < -0.3 is 50.3 Å². The number of hydrogen-bond acceptors (Lipinski definition) is 11. The zero-order valence-electron chi connectivity index (χ0n) is 18.6. The Hall–Kier alpha value is -2.85. The number of aliphatic hydroxyl groups excluding tert-OH is 4. The first-order chi connectivity index (χ1) is 15.8. The Morgan fingerprint density at radius 3 is 2.12 bits per heavy atom. The van der Waals surface area contributed by atoms with E-state index in [0.29, 0.717) is 4.90 Å². The molecule has 0 radical (unpaired) electrons. The van der Waals surface area contributed by atoms with Gasteiger partial charge in [-0.2, -0.15) is 0 Å². The van der Waals surface area contributed by atoms with Crippen molar-refractivity contribution in [1.82, 2.24) is 10.2 Å². The zero-order valence-corrected chi connectivity index (χ0v) is 18.6. The minimum atomic E-state index is -1.80. The lowest BCUT2D eigenvalue weighted by Crippen LogP contribution is -2.61. The highest BCUT2D eigenvalue weighted by atomic mass is 16.5. The molecule has 1 aliphatic heterocycles. The van der Waals surface area contributed by atoms with Crippen LogP contribution >= 0.6 is 0 Å². The fourth-order valence-electron chi connectivity index (χ4n) is 3.43. The van der Waals surface area contributed by atoms with Gasteiger partial charge in [-0.1, -0.05) is 0 Å². The van der Waals surface area contributed by atoms with Crippen molar-refractivity contribution < 1.29 is 64.1 Å². The molecule has 1 rings (SSSR count). The maximum atomic E-state index is 13.1. The maximum Gasteiger partial charge on any atom is 0.326 e. The molecule has 15 heteroatoms. The number of aliphatic hydroxyl groups is 4. The predicted octanol–water partition coefficient (Wildman–Crippen LogP) is -3.96. The first-order valence-corrected chi connectivity index (χ1v) is 10.3. The summed E-state index contributed by atoms with van der Waals surface area (Å²) < 4.78 is 9.65. The van der Waals surface area contributed by atoms with E-state index in [1.54, 1.807) is 0 Å². The summed E-state index contributed by atoms with van der Waals surface area (Å²) in [6, 6.07) is -3.30. The fourth-order valence-corrected chi connectivity index (χ4v) is 3.43. The van der Waals surface area contributed by atoms with Gasteiger partial charge in [0.25, 0.3) is 0 Å². The van der Waals surface area contributed by atoms with Crippen molar-refractivity contribution in [3.05, 3.63) is 0 Å². The maximum absolute atomic E-state index is 13.1. The molecule has 1 heterocycles. The van der Waals surface area contributed by atoms with Crippen LogP contribution in [-0.2, 0) is 33.4 Å². The van der Waals surface area contributed by atoms with Gasteiger partial charge in [-0.25, -0.2) is 4.79 Å². The summed E-state index contributed by atoms with van der Waals surface area (Å²) >= 11 is 0. The van der Waals surface area contributed by atoms with Gasteiger partial charge >= 0.3 is 17.9 Å². The second-order valence-corrected chi connectivity index (χ2v) is 7.63. The molecule has 2 amide bonds. The molecule has 0 saturated carbocycles. The Bertz CT molecular complexity index is 758. The molecule has 1 aliphatic rings.